The second-order valence-electron chi connectivity index (χ2n) is 6.93. The summed E-state index contributed by atoms with van der Waals surface area (Å²) in [6, 6.07) is 7.32. The number of ether oxygens (including phenoxy) is 1. The van der Waals surface area contributed by atoms with Crippen LogP contribution in [0.5, 0.6) is 5.75 Å². The number of aryl methyl sites for hydroxylation is 1. The molecule has 1 aromatic carbocycles. The van der Waals surface area contributed by atoms with Gasteiger partial charge in [-0.25, -0.2) is 4.79 Å². The van der Waals surface area contributed by atoms with Gasteiger partial charge in [0.1, 0.15) is 11.3 Å². The van der Waals surface area contributed by atoms with Gasteiger partial charge in [0, 0.05) is 30.1 Å². The van der Waals surface area contributed by atoms with Crippen LogP contribution in [0.3, 0.4) is 0 Å². The van der Waals surface area contributed by atoms with E-state index in [-0.39, 0.29) is 18.1 Å². The van der Waals surface area contributed by atoms with E-state index in [1.807, 2.05) is 17.0 Å². The van der Waals surface area contributed by atoms with Crippen molar-refractivity contribution in [1.29, 1.82) is 0 Å². The minimum Gasteiger partial charge on any atom is -0.484 e. The molecule has 1 fully saturated rings. The van der Waals surface area contributed by atoms with Crippen LogP contribution in [-0.4, -0.2) is 30.0 Å². The average Bonchev–Trinajstić information content (AvgIpc) is 2.65. The third-order valence-corrected chi connectivity index (χ3v) is 5.10. The van der Waals surface area contributed by atoms with Crippen LogP contribution in [0.4, 0.5) is 0 Å². The number of piperidine rings is 1. The van der Waals surface area contributed by atoms with Crippen LogP contribution in [0.2, 0.25) is 0 Å². The van der Waals surface area contributed by atoms with Crippen molar-refractivity contribution >= 4 is 16.9 Å². The van der Waals surface area contributed by atoms with E-state index in [9.17, 15) is 9.59 Å². The Labute approximate surface area is 153 Å². The molecule has 0 spiro atoms. The molecule has 0 saturated carbocycles. The van der Waals surface area contributed by atoms with Crippen molar-refractivity contribution in [2.75, 3.05) is 13.2 Å². The Bertz CT molecular complexity index is 826. The molecule has 140 valence electrons. The zero-order valence-electron chi connectivity index (χ0n) is 15.6. The predicted molar refractivity (Wildman–Crippen MR) is 102 cm³/mol. The number of nitrogens with zero attached hydrogens (tertiary/aromatic N) is 1. The highest BCUT2D eigenvalue weighted by Gasteiger charge is 2.25. The van der Waals surface area contributed by atoms with Crippen molar-refractivity contribution in [2.45, 2.75) is 58.4 Å². The lowest BCUT2D eigenvalue weighted by Gasteiger charge is -2.35. The van der Waals surface area contributed by atoms with Crippen molar-refractivity contribution in [3.05, 3.63) is 40.2 Å². The molecule has 5 nitrogen and oxygen atoms in total. The first-order chi connectivity index (χ1) is 12.6. The standard InChI is InChI=1S/C21H27NO4/c1-3-7-15-12-21(24)26-19-13-17(9-10-18(15)19)25-14-20(23)22-11-6-5-8-16(22)4-2/h9-10,12-13,16H,3-8,11,14H2,1-2H3. The van der Waals surface area contributed by atoms with E-state index < -0.39 is 0 Å². The zero-order chi connectivity index (χ0) is 18.5. The maximum Gasteiger partial charge on any atom is 0.336 e. The van der Waals surface area contributed by atoms with Crippen molar-refractivity contribution in [1.82, 2.24) is 4.90 Å². The SMILES string of the molecule is CCCc1cc(=O)oc2cc(OCC(=O)N3CCCCC3CC)ccc12. The Morgan fingerprint density at radius 2 is 2.12 bits per heavy atom. The molecule has 1 amide bonds. The van der Waals surface area contributed by atoms with Crippen LogP contribution in [-0.2, 0) is 11.2 Å². The summed E-state index contributed by atoms with van der Waals surface area (Å²) in [5.74, 6) is 0.575. The second-order valence-corrected chi connectivity index (χ2v) is 6.93. The fourth-order valence-electron chi connectivity index (χ4n) is 3.76. The lowest BCUT2D eigenvalue weighted by Crippen LogP contribution is -2.45. The Hall–Kier alpha value is -2.30. The van der Waals surface area contributed by atoms with Crippen LogP contribution < -0.4 is 10.4 Å². The van der Waals surface area contributed by atoms with E-state index in [2.05, 4.69) is 13.8 Å². The van der Waals surface area contributed by atoms with Gasteiger partial charge in [0.15, 0.2) is 6.61 Å². The molecule has 1 saturated heterocycles. The normalized spacial score (nSPS) is 17.5. The van der Waals surface area contributed by atoms with Gasteiger partial charge in [0.2, 0.25) is 0 Å². The molecule has 1 aliphatic rings. The van der Waals surface area contributed by atoms with E-state index in [0.29, 0.717) is 17.4 Å². The quantitative estimate of drug-likeness (QED) is 0.735. The van der Waals surface area contributed by atoms with Gasteiger partial charge in [0.25, 0.3) is 5.91 Å². The number of amides is 1. The summed E-state index contributed by atoms with van der Waals surface area (Å²) in [6.45, 7) is 5.03. The Morgan fingerprint density at radius 1 is 1.27 bits per heavy atom. The fourth-order valence-corrected chi connectivity index (χ4v) is 3.76. The summed E-state index contributed by atoms with van der Waals surface area (Å²) in [6.07, 6.45) is 6.08. The number of fused-ring (bicyclic) bond motifs is 1. The summed E-state index contributed by atoms with van der Waals surface area (Å²) in [4.78, 5) is 26.2. The highest BCUT2D eigenvalue weighted by molar-refractivity contribution is 5.82. The average molecular weight is 357 g/mol. The molecule has 26 heavy (non-hydrogen) atoms. The maximum atomic E-state index is 12.5. The molecule has 1 aliphatic heterocycles. The molecule has 2 heterocycles. The lowest BCUT2D eigenvalue weighted by atomic mass is 10.00. The van der Waals surface area contributed by atoms with Crippen molar-refractivity contribution in [3.8, 4) is 5.75 Å². The molecule has 0 radical (unpaired) electrons. The van der Waals surface area contributed by atoms with Crippen LogP contribution >= 0.6 is 0 Å². The van der Waals surface area contributed by atoms with Gasteiger partial charge in [-0.05, 0) is 49.8 Å². The van der Waals surface area contributed by atoms with E-state index in [1.165, 1.54) is 6.42 Å². The van der Waals surface area contributed by atoms with Crippen LogP contribution in [0.1, 0.15) is 51.5 Å². The molecule has 2 aromatic rings. The minimum absolute atomic E-state index is 0.0148. The van der Waals surface area contributed by atoms with E-state index in [1.54, 1.807) is 12.1 Å². The van der Waals surface area contributed by atoms with Gasteiger partial charge >= 0.3 is 5.63 Å². The maximum absolute atomic E-state index is 12.5. The molecule has 0 bridgehead atoms. The number of likely N-dealkylation sites (tertiary alicyclic amines) is 1. The van der Waals surface area contributed by atoms with Gasteiger partial charge < -0.3 is 14.1 Å². The van der Waals surface area contributed by atoms with E-state index in [4.69, 9.17) is 9.15 Å². The molecule has 1 aromatic heterocycles. The molecule has 0 N–H and O–H groups in total. The third kappa shape index (κ3) is 4.09. The summed E-state index contributed by atoms with van der Waals surface area (Å²) in [5.41, 5.74) is 1.14. The fraction of sp³-hybridized carbons (Fsp3) is 0.524. The minimum atomic E-state index is -0.353. The van der Waals surface area contributed by atoms with Gasteiger partial charge in [-0.1, -0.05) is 20.3 Å². The molecule has 1 unspecified atom stereocenters. The van der Waals surface area contributed by atoms with Crippen molar-refractivity contribution < 1.29 is 13.9 Å². The number of hydrogen-bond acceptors (Lipinski definition) is 4. The summed E-state index contributed by atoms with van der Waals surface area (Å²) in [5, 5.41) is 0.923. The molecule has 5 heteroatoms. The lowest BCUT2D eigenvalue weighted by molar-refractivity contribution is -0.137. The largest absolute Gasteiger partial charge is 0.484 e. The number of hydrogen-bond donors (Lipinski definition) is 0. The van der Waals surface area contributed by atoms with Crippen molar-refractivity contribution in [2.24, 2.45) is 0 Å². The van der Waals surface area contributed by atoms with Gasteiger partial charge in [0.05, 0.1) is 0 Å². The summed E-state index contributed by atoms with van der Waals surface area (Å²) in [7, 11) is 0. The Kier molecular flexibility index (Phi) is 5.96. The Morgan fingerprint density at radius 3 is 2.88 bits per heavy atom. The topological polar surface area (TPSA) is 59.8 Å². The molecule has 0 aliphatic carbocycles. The highest BCUT2D eigenvalue weighted by atomic mass is 16.5. The van der Waals surface area contributed by atoms with Crippen LogP contribution in [0, 0.1) is 0 Å². The first kappa shape index (κ1) is 18.5. The smallest absolute Gasteiger partial charge is 0.336 e. The Balaban J connectivity index is 1.73. The molecule has 3 rings (SSSR count). The predicted octanol–water partition coefficient (Wildman–Crippen LogP) is 3.92. The molecular weight excluding hydrogens is 330 g/mol. The third-order valence-electron chi connectivity index (χ3n) is 5.10. The number of rotatable bonds is 6. The van der Waals surface area contributed by atoms with E-state index in [0.717, 1.165) is 49.6 Å². The number of carbonyl (C=O) groups is 1. The van der Waals surface area contributed by atoms with Gasteiger partial charge in [-0.2, -0.15) is 0 Å². The summed E-state index contributed by atoms with van der Waals surface area (Å²) < 4.78 is 11.0. The van der Waals surface area contributed by atoms with Gasteiger partial charge in [-0.15, -0.1) is 0 Å². The zero-order valence-corrected chi connectivity index (χ0v) is 15.6. The van der Waals surface area contributed by atoms with Gasteiger partial charge in [-0.3, -0.25) is 4.79 Å². The summed E-state index contributed by atoms with van der Waals surface area (Å²) >= 11 is 0. The van der Waals surface area contributed by atoms with Crippen molar-refractivity contribution in [3.63, 3.8) is 0 Å². The molecule has 1 atom stereocenters. The molecular formula is C21H27NO4. The highest BCUT2D eigenvalue weighted by Crippen LogP contribution is 2.24. The monoisotopic (exact) mass is 357 g/mol. The van der Waals surface area contributed by atoms with Crippen LogP contribution in [0.25, 0.3) is 11.0 Å². The van der Waals surface area contributed by atoms with Crippen LogP contribution in [0.15, 0.2) is 33.5 Å². The second kappa shape index (κ2) is 8.39. The number of benzene rings is 1. The number of carbonyl (C=O) groups excluding carboxylic acids is 1. The first-order valence-electron chi connectivity index (χ1n) is 9.61. The van der Waals surface area contributed by atoms with E-state index >= 15 is 0 Å². The first-order valence-corrected chi connectivity index (χ1v) is 9.61.